The van der Waals surface area contributed by atoms with E-state index in [4.69, 9.17) is 14.2 Å². The van der Waals surface area contributed by atoms with E-state index < -0.39 is 11.8 Å². The van der Waals surface area contributed by atoms with Crippen LogP contribution in [0.15, 0.2) is 55.4 Å². The molecule has 0 spiro atoms. The van der Waals surface area contributed by atoms with Gasteiger partial charge in [0.1, 0.15) is 18.2 Å². The minimum absolute atomic E-state index is 0.0397. The Kier molecular flexibility index (Phi) is 5.96. The van der Waals surface area contributed by atoms with Crippen molar-refractivity contribution >= 4 is 11.5 Å². The van der Waals surface area contributed by atoms with Crippen LogP contribution in [0, 0.1) is 0 Å². The Morgan fingerprint density at radius 1 is 1.20 bits per heavy atom. The van der Waals surface area contributed by atoms with Gasteiger partial charge in [0.05, 0.1) is 18.8 Å². The van der Waals surface area contributed by atoms with Gasteiger partial charge in [-0.1, -0.05) is 25.3 Å². The Morgan fingerprint density at radius 2 is 1.93 bits per heavy atom. The van der Waals surface area contributed by atoms with E-state index in [1.165, 1.54) is 24.3 Å². The molecule has 0 amide bonds. The van der Waals surface area contributed by atoms with Crippen molar-refractivity contribution in [2.24, 2.45) is 0 Å². The third-order valence-electron chi connectivity index (χ3n) is 4.64. The lowest BCUT2D eigenvalue weighted by Crippen LogP contribution is -2.12. The van der Waals surface area contributed by atoms with Gasteiger partial charge >= 0.3 is 5.97 Å². The van der Waals surface area contributed by atoms with E-state index in [2.05, 4.69) is 13.2 Å². The van der Waals surface area contributed by atoms with E-state index in [9.17, 15) is 14.3 Å². The number of ether oxygens (including phenoxy) is 3. The molecule has 0 saturated heterocycles. The summed E-state index contributed by atoms with van der Waals surface area (Å²) < 4.78 is 31.2. The Hall–Kier alpha value is -3.54. The first kappa shape index (κ1) is 21.2. The van der Waals surface area contributed by atoms with Crippen molar-refractivity contribution < 1.29 is 28.5 Å². The second-order valence-electron chi connectivity index (χ2n) is 7.04. The molecule has 0 atom stereocenters. The molecule has 1 aliphatic rings. The van der Waals surface area contributed by atoms with Crippen LogP contribution in [-0.4, -0.2) is 24.3 Å². The Labute approximate surface area is 174 Å². The number of carbonyl (C=O) groups is 1. The molecule has 0 fully saturated rings. The predicted molar refractivity (Wildman–Crippen MR) is 114 cm³/mol. The summed E-state index contributed by atoms with van der Waals surface area (Å²) in [7, 11) is 1.54. The number of fused-ring (bicyclic) bond motifs is 3. The minimum Gasteiger partial charge on any atom is -0.493 e. The first-order valence-electron chi connectivity index (χ1n) is 9.36. The van der Waals surface area contributed by atoms with Gasteiger partial charge in [0.2, 0.25) is 0 Å². The smallest absolute Gasteiger partial charge is 0.336 e. The molecule has 3 rings (SSSR count). The quantitative estimate of drug-likeness (QED) is 0.585. The van der Waals surface area contributed by atoms with Gasteiger partial charge in [-0.15, -0.1) is 0 Å². The number of aromatic carboxylic acids is 1. The average molecular weight is 410 g/mol. The highest BCUT2D eigenvalue weighted by molar-refractivity contribution is 5.99. The highest BCUT2D eigenvalue weighted by atomic mass is 19.1. The van der Waals surface area contributed by atoms with Gasteiger partial charge in [0.25, 0.3) is 0 Å². The predicted octanol–water partition coefficient (Wildman–Crippen LogP) is 5.79. The van der Waals surface area contributed by atoms with Crippen LogP contribution in [0.3, 0.4) is 0 Å². The van der Waals surface area contributed by atoms with Crippen LogP contribution in [0.2, 0.25) is 0 Å². The van der Waals surface area contributed by atoms with Crippen LogP contribution in [0.1, 0.15) is 35.3 Å². The first-order chi connectivity index (χ1) is 14.3. The fourth-order valence-electron chi connectivity index (χ4n) is 3.39. The van der Waals surface area contributed by atoms with Crippen LogP contribution >= 0.6 is 0 Å². The monoisotopic (exact) mass is 410 g/mol. The molecule has 1 heterocycles. The summed E-state index contributed by atoms with van der Waals surface area (Å²) in [5.41, 5.74) is 2.32. The highest BCUT2D eigenvalue weighted by Crippen LogP contribution is 2.45. The van der Waals surface area contributed by atoms with E-state index >= 15 is 0 Å². The molecule has 156 valence electrons. The number of rotatable bonds is 7. The molecule has 0 saturated carbocycles. The summed E-state index contributed by atoms with van der Waals surface area (Å²) in [4.78, 5) is 12.0. The Morgan fingerprint density at radius 3 is 2.50 bits per heavy atom. The van der Waals surface area contributed by atoms with Gasteiger partial charge in [-0.3, -0.25) is 0 Å². The molecule has 2 aromatic rings. The number of carboxylic acids is 1. The maximum absolute atomic E-state index is 14.0. The Bertz CT molecular complexity index is 1070. The third kappa shape index (κ3) is 3.94. The number of carboxylic acid groups (broad SMARTS) is 1. The molecule has 0 aliphatic carbocycles. The normalized spacial score (nSPS) is 12.5. The van der Waals surface area contributed by atoms with Crippen molar-refractivity contribution in [2.75, 3.05) is 7.11 Å². The van der Waals surface area contributed by atoms with Gasteiger partial charge in [0, 0.05) is 22.3 Å². The van der Waals surface area contributed by atoms with E-state index in [1.54, 1.807) is 13.2 Å². The van der Waals surface area contributed by atoms with Crippen molar-refractivity contribution in [2.45, 2.75) is 26.6 Å². The fourth-order valence-corrected chi connectivity index (χ4v) is 3.39. The molecule has 0 radical (unpaired) electrons. The zero-order valence-electron chi connectivity index (χ0n) is 17.1. The highest BCUT2D eigenvalue weighted by Gasteiger charge is 2.26. The van der Waals surface area contributed by atoms with Crippen molar-refractivity contribution in [1.82, 2.24) is 0 Å². The number of methoxy groups -OCH3 is 1. The molecule has 2 aromatic carbocycles. The standard InChI is InChI=1S/C24H23FO5/c1-6-7-16(14(4)25)18-11-21-19(9-20(18)24(26)27)17-10-22(28-5)23(30-13(2)3)8-15(17)12-29-21/h6-11,13H,1,4,12H2,2-3,5H3,(H,26,27)/b16-7+. The van der Waals surface area contributed by atoms with Gasteiger partial charge in [-0.25, -0.2) is 9.18 Å². The maximum Gasteiger partial charge on any atom is 0.336 e. The lowest BCUT2D eigenvalue weighted by Gasteiger charge is -2.25. The van der Waals surface area contributed by atoms with Crippen LogP contribution in [0.4, 0.5) is 4.39 Å². The number of benzene rings is 2. The molecule has 0 bridgehead atoms. The van der Waals surface area contributed by atoms with Gasteiger partial charge in [0.15, 0.2) is 11.5 Å². The number of allylic oxidation sites excluding steroid dienone is 4. The maximum atomic E-state index is 14.0. The third-order valence-corrected chi connectivity index (χ3v) is 4.64. The molecule has 0 aromatic heterocycles. The molecular weight excluding hydrogens is 387 g/mol. The SMILES string of the molecule is C=C/C=C(\C(=C)F)c1cc2c(cc1C(=O)O)-c1cc(OC)c(OC(C)C)cc1CO2. The van der Waals surface area contributed by atoms with Crippen LogP contribution in [-0.2, 0) is 6.61 Å². The molecule has 1 N–H and O–H groups in total. The zero-order chi connectivity index (χ0) is 22.0. The van der Waals surface area contributed by atoms with Gasteiger partial charge < -0.3 is 19.3 Å². The Balaban J connectivity index is 2.23. The first-order valence-corrected chi connectivity index (χ1v) is 9.36. The van der Waals surface area contributed by atoms with Gasteiger partial charge in [-0.05, 0) is 43.7 Å². The summed E-state index contributed by atoms with van der Waals surface area (Å²) in [5, 5.41) is 9.77. The topological polar surface area (TPSA) is 65.0 Å². The number of hydrogen-bond acceptors (Lipinski definition) is 4. The van der Waals surface area contributed by atoms with Crippen molar-refractivity contribution in [3.63, 3.8) is 0 Å². The molecule has 6 heteroatoms. The lowest BCUT2D eigenvalue weighted by molar-refractivity contribution is 0.0696. The summed E-state index contributed by atoms with van der Waals surface area (Å²) >= 11 is 0. The summed E-state index contributed by atoms with van der Waals surface area (Å²) in [6.45, 7) is 11.0. The molecular formula is C24H23FO5. The lowest BCUT2D eigenvalue weighted by atomic mass is 9.90. The molecule has 1 aliphatic heterocycles. The largest absolute Gasteiger partial charge is 0.493 e. The number of halogens is 1. The zero-order valence-corrected chi connectivity index (χ0v) is 17.1. The van der Waals surface area contributed by atoms with E-state index in [0.29, 0.717) is 22.8 Å². The molecule has 0 unspecified atom stereocenters. The molecule has 30 heavy (non-hydrogen) atoms. The number of hydrogen-bond donors (Lipinski definition) is 1. The van der Waals surface area contributed by atoms with Crippen LogP contribution in [0.25, 0.3) is 16.7 Å². The van der Waals surface area contributed by atoms with E-state index in [0.717, 1.165) is 11.1 Å². The fraction of sp³-hybridized carbons (Fsp3) is 0.208. The van der Waals surface area contributed by atoms with E-state index in [-0.39, 0.29) is 29.4 Å². The second-order valence-corrected chi connectivity index (χ2v) is 7.04. The van der Waals surface area contributed by atoms with Crippen molar-refractivity contribution in [3.05, 3.63) is 72.1 Å². The van der Waals surface area contributed by atoms with Crippen molar-refractivity contribution in [3.8, 4) is 28.4 Å². The van der Waals surface area contributed by atoms with Crippen molar-refractivity contribution in [1.29, 1.82) is 0 Å². The summed E-state index contributed by atoms with van der Waals surface area (Å²) in [5.74, 6) is -0.397. The van der Waals surface area contributed by atoms with Crippen LogP contribution in [0.5, 0.6) is 17.2 Å². The van der Waals surface area contributed by atoms with E-state index in [1.807, 2.05) is 19.9 Å². The second kappa shape index (κ2) is 8.45. The minimum atomic E-state index is -1.19. The van der Waals surface area contributed by atoms with Crippen LogP contribution < -0.4 is 14.2 Å². The average Bonchev–Trinajstić information content (AvgIpc) is 2.69. The molecule has 5 nitrogen and oxygen atoms in total. The van der Waals surface area contributed by atoms with Gasteiger partial charge in [-0.2, -0.15) is 0 Å². The summed E-state index contributed by atoms with van der Waals surface area (Å²) in [6, 6.07) is 6.63. The summed E-state index contributed by atoms with van der Waals surface area (Å²) in [6.07, 6.45) is 2.72.